The molecule has 6 heteroatoms. The van der Waals surface area contributed by atoms with Gasteiger partial charge in [-0.15, -0.1) is 0 Å². The van der Waals surface area contributed by atoms with Crippen molar-refractivity contribution in [2.24, 2.45) is 0 Å². The summed E-state index contributed by atoms with van der Waals surface area (Å²) in [5, 5.41) is 0. The summed E-state index contributed by atoms with van der Waals surface area (Å²) in [6.45, 7) is 1.79. The monoisotopic (exact) mass is 264 g/mol. The second-order valence-electron chi connectivity index (χ2n) is 3.68. The van der Waals surface area contributed by atoms with Crippen molar-refractivity contribution in [2.75, 3.05) is 0 Å². The summed E-state index contributed by atoms with van der Waals surface area (Å²) in [5.74, 6) is -7.63. The van der Waals surface area contributed by atoms with Crippen molar-refractivity contribution in [3.05, 3.63) is 41.5 Å². The fourth-order valence-electron chi connectivity index (χ4n) is 1.09. The maximum Gasteiger partial charge on any atom is 0.461 e. The summed E-state index contributed by atoms with van der Waals surface area (Å²) < 4.78 is 60.7. The third kappa shape index (κ3) is 3.15. The SMILES string of the molecule is Cc1ccc(/C=C/C(=O)C(F)(F)C(F)(F)F)cc1. The number of carbonyl (C=O) groups excluding carboxylic acids is 1. The molecule has 0 atom stereocenters. The molecule has 0 aliphatic heterocycles. The van der Waals surface area contributed by atoms with Gasteiger partial charge in [-0.1, -0.05) is 35.9 Å². The van der Waals surface area contributed by atoms with Crippen LogP contribution in [-0.2, 0) is 4.79 Å². The van der Waals surface area contributed by atoms with E-state index in [4.69, 9.17) is 0 Å². The lowest BCUT2D eigenvalue weighted by atomic mass is 10.1. The lowest BCUT2D eigenvalue weighted by Gasteiger charge is -2.15. The molecule has 0 saturated heterocycles. The van der Waals surface area contributed by atoms with Crippen LogP contribution >= 0.6 is 0 Å². The summed E-state index contributed by atoms with van der Waals surface area (Å²) in [7, 11) is 0. The first-order chi connectivity index (χ1) is 8.14. The molecular weight excluding hydrogens is 255 g/mol. The standard InChI is InChI=1S/C12H9F5O/c1-8-2-4-9(5-3-8)6-7-10(18)11(13,14)12(15,16)17/h2-7H,1H3/b7-6+. The first kappa shape index (κ1) is 14.3. The Morgan fingerprint density at radius 2 is 1.56 bits per heavy atom. The molecule has 0 fully saturated rings. The number of halogens is 5. The van der Waals surface area contributed by atoms with E-state index in [9.17, 15) is 26.7 Å². The van der Waals surface area contributed by atoms with Crippen molar-refractivity contribution in [3.63, 3.8) is 0 Å². The van der Waals surface area contributed by atoms with E-state index in [-0.39, 0.29) is 6.08 Å². The number of ketones is 1. The van der Waals surface area contributed by atoms with Gasteiger partial charge in [0.25, 0.3) is 0 Å². The predicted molar refractivity (Wildman–Crippen MR) is 56.2 cm³/mol. The average Bonchev–Trinajstić information content (AvgIpc) is 2.26. The predicted octanol–water partition coefficient (Wildman–Crippen LogP) is 3.77. The Kier molecular flexibility index (Phi) is 3.88. The van der Waals surface area contributed by atoms with Crippen molar-refractivity contribution in [2.45, 2.75) is 19.0 Å². The van der Waals surface area contributed by atoms with Crippen LogP contribution in [0.1, 0.15) is 11.1 Å². The van der Waals surface area contributed by atoms with E-state index in [0.717, 1.165) is 11.6 Å². The lowest BCUT2D eigenvalue weighted by Crippen LogP contribution is -2.43. The van der Waals surface area contributed by atoms with Crippen molar-refractivity contribution in [1.82, 2.24) is 0 Å². The van der Waals surface area contributed by atoms with Crippen molar-refractivity contribution >= 4 is 11.9 Å². The van der Waals surface area contributed by atoms with Gasteiger partial charge < -0.3 is 0 Å². The van der Waals surface area contributed by atoms with Gasteiger partial charge in [-0.3, -0.25) is 4.79 Å². The Hall–Kier alpha value is -1.72. The Morgan fingerprint density at radius 3 is 2.00 bits per heavy atom. The van der Waals surface area contributed by atoms with E-state index in [2.05, 4.69) is 0 Å². The zero-order valence-electron chi connectivity index (χ0n) is 9.26. The van der Waals surface area contributed by atoms with Gasteiger partial charge in [0, 0.05) is 0 Å². The van der Waals surface area contributed by atoms with E-state index in [1.807, 2.05) is 0 Å². The number of hydrogen-bond acceptors (Lipinski definition) is 1. The quantitative estimate of drug-likeness (QED) is 0.600. The van der Waals surface area contributed by atoms with Crippen LogP contribution in [0, 0.1) is 6.92 Å². The molecule has 1 nitrogen and oxygen atoms in total. The Balaban J connectivity index is 2.85. The Morgan fingerprint density at radius 1 is 1.06 bits per heavy atom. The highest BCUT2D eigenvalue weighted by Crippen LogP contribution is 2.36. The van der Waals surface area contributed by atoms with E-state index < -0.39 is 17.9 Å². The molecule has 0 unspecified atom stereocenters. The number of carbonyl (C=O) groups is 1. The number of rotatable bonds is 3. The first-order valence-electron chi connectivity index (χ1n) is 4.88. The molecule has 0 saturated carbocycles. The minimum absolute atomic E-state index is 0.234. The summed E-state index contributed by atoms with van der Waals surface area (Å²) >= 11 is 0. The second-order valence-corrected chi connectivity index (χ2v) is 3.68. The maximum absolute atomic E-state index is 12.6. The number of aryl methyl sites for hydroxylation is 1. The summed E-state index contributed by atoms with van der Waals surface area (Å²) in [6.07, 6.45) is -4.72. The van der Waals surface area contributed by atoms with E-state index in [1.165, 1.54) is 12.1 Å². The molecule has 0 spiro atoms. The molecule has 0 aliphatic carbocycles. The minimum Gasteiger partial charge on any atom is -0.288 e. The van der Waals surface area contributed by atoms with Crippen molar-refractivity contribution < 1.29 is 26.7 Å². The van der Waals surface area contributed by atoms with E-state index in [1.54, 1.807) is 19.1 Å². The summed E-state index contributed by atoms with van der Waals surface area (Å²) in [5.41, 5.74) is 1.27. The molecule has 0 aliphatic rings. The van der Waals surface area contributed by atoms with Gasteiger partial charge in [-0.25, -0.2) is 0 Å². The number of allylic oxidation sites excluding steroid dienone is 1. The average molecular weight is 264 g/mol. The minimum atomic E-state index is -5.87. The molecule has 1 aromatic carbocycles. The molecule has 18 heavy (non-hydrogen) atoms. The molecule has 0 heterocycles. The zero-order valence-corrected chi connectivity index (χ0v) is 9.26. The smallest absolute Gasteiger partial charge is 0.288 e. The second kappa shape index (κ2) is 4.88. The van der Waals surface area contributed by atoms with Gasteiger partial charge in [0.2, 0.25) is 5.78 Å². The molecule has 1 rings (SSSR count). The van der Waals surface area contributed by atoms with Crippen molar-refractivity contribution in [3.8, 4) is 0 Å². The van der Waals surface area contributed by atoms with Gasteiger partial charge in [-0.2, -0.15) is 22.0 Å². The van der Waals surface area contributed by atoms with Crippen LogP contribution in [0.2, 0.25) is 0 Å². The summed E-state index contributed by atoms with van der Waals surface area (Å²) in [6, 6.07) is 6.30. The molecular formula is C12H9F5O. The molecule has 0 aromatic heterocycles. The topological polar surface area (TPSA) is 17.1 Å². The lowest BCUT2D eigenvalue weighted by molar-refractivity contribution is -0.266. The van der Waals surface area contributed by atoms with E-state index >= 15 is 0 Å². The Bertz CT molecular complexity index is 456. The van der Waals surface area contributed by atoms with Crippen LogP contribution in [-0.4, -0.2) is 17.9 Å². The van der Waals surface area contributed by atoms with Crippen molar-refractivity contribution in [1.29, 1.82) is 0 Å². The highest BCUT2D eigenvalue weighted by Gasteiger charge is 2.62. The largest absolute Gasteiger partial charge is 0.461 e. The highest BCUT2D eigenvalue weighted by atomic mass is 19.4. The highest BCUT2D eigenvalue weighted by molar-refractivity contribution is 5.99. The molecule has 0 bridgehead atoms. The van der Waals surface area contributed by atoms with Crippen LogP contribution in [0.25, 0.3) is 6.08 Å². The third-order valence-electron chi connectivity index (χ3n) is 2.17. The first-order valence-corrected chi connectivity index (χ1v) is 4.88. The summed E-state index contributed by atoms with van der Waals surface area (Å²) in [4.78, 5) is 10.8. The zero-order chi connectivity index (χ0) is 14.0. The normalized spacial score (nSPS) is 13.0. The van der Waals surface area contributed by atoms with Crippen LogP contribution in [0.4, 0.5) is 22.0 Å². The molecule has 0 N–H and O–H groups in total. The number of alkyl halides is 5. The Labute approximate surface area is 99.9 Å². The van der Waals surface area contributed by atoms with Crippen LogP contribution in [0.3, 0.4) is 0 Å². The van der Waals surface area contributed by atoms with Gasteiger partial charge in [0.05, 0.1) is 0 Å². The third-order valence-corrected chi connectivity index (χ3v) is 2.17. The number of benzene rings is 1. The van der Waals surface area contributed by atoms with Gasteiger partial charge in [0.1, 0.15) is 0 Å². The molecule has 98 valence electrons. The van der Waals surface area contributed by atoms with Gasteiger partial charge >= 0.3 is 12.1 Å². The van der Waals surface area contributed by atoms with Gasteiger partial charge in [0.15, 0.2) is 0 Å². The molecule has 0 radical (unpaired) electrons. The molecule has 1 aromatic rings. The van der Waals surface area contributed by atoms with E-state index in [0.29, 0.717) is 5.56 Å². The molecule has 0 amide bonds. The fraction of sp³-hybridized carbons (Fsp3) is 0.250. The van der Waals surface area contributed by atoms with Gasteiger partial charge in [-0.05, 0) is 18.6 Å². The van der Waals surface area contributed by atoms with Crippen LogP contribution in [0.15, 0.2) is 30.3 Å². The fourth-order valence-corrected chi connectivity index (χ4v) is 1.09. The van der Waals surface area contributed by atoms with Crippen LogP contribution in [0.5, 0.6) is 0 Å². The number of hydrogen-bond donors (Lipinski definition) is 0. The van der Waals surface area contributed by atoms with Crippen LogP contribution < -0.4 is 0 Å². The maximum atomic E-state index is 12.6.